The molecule has 1 N–H and O–H groups in total. The van der Waals surface area contributed by atoms with Gasteiger partial charge in [-0.25, -0.2) is 0 Å². The zero-order valence-corrected chi connectivity index (χ0v) is 11.9. The number of carboxylic acid groups (broad SMARTS) is 1. The van der Waals surface area contributed by atoms with Crippen LogP contribution in [0.25, 0.3) is 0 Å². The van der Waals surface area contributed by atoms with Crippen molar-refractivity contribution >= 4 is 5.97 Å². The second-order valence-electron chi connectivity index (χ2n) is 6.10. The standard InChI is InChI=1S/C14H22N4O2/c1-17-8-11(15-16-17)9-18-12-5-3-2-4-10(12)6-7-13(18)14(19)20/h8,10,12-13H,2-7,9H2,1H3,(H,19,20). The average Bonchev–Trinajstić information content (AvgIpc) is 2.84. The number of hydrogen-bond acceptors (Lipinski definition) is 4. The predicted octanol–water partition coefficient (Wildman–Crippen LogP) is 1.42. The minimum absolute atomic E-state index is 0.364. The van der Waals surface area contributed by atoms with Crippen LogP contribution in [-0.2, 0) is 18.4 Å². The Hall–Kier alpha value is -1.43. The van der Waals surface area contributed by atoms with Gasteiger partial charge >= 0.3 is 5.97 Å². The van der Waals surface area contributed by atoms with Gasteiger partial charge in [0.15, 0.2) is 0 Å². The van der Waals surface area contributed by atoms with Crippen molar-refractivity contribution < 1.29 is 9.90 Å². The Morgan fingerprint density at radius 3 is 2.85 bits per heavy atom. The molecule has 1 aliphatic carbocycles. The summed E-state index contributed by atoms with van der Waals surface area (Å²) in [5.41, 5.74) is 0.866. The molecule has 2 aliphatic rings. The van der Waals surface area contributed by atoms with Crippen molar-refractivity contribution in [1.29, 1.82) is 0 Å². The Kier molecular flexibility index (Phi) is 3.74. The third-order valence-corrected chi connectivity index (χ3v) is 4.79. The van der Waals surface area contributed by atoms with Crippen LogP contribution >= 0.6 is 0 Å². The molecule has 20 heavy (non-hydrogen) atoms. The fraction of sp³-hybridized carbons (Fsp3) is 0.786. The van der Waals surface area contributed by atoms with E-state index in [2.05, 4.69) is 15.2 Å². The number of aliphatic carboxylic acids is 1. The summed E-state index contributed by atoms with van der Waals surface area (Å²) in [6.45, 7) is 0.603. The zero-order valence-electron chi connectivity index (χ0n) is 11.9. The second-order valence-corrected chi connectivity index (χ2v) is 6.10. The number of carbonyl (C=O) groups is 1. The van der Waals surface area contributed by atoms with Crippen LogP contribution in [0.3, 0.4) is 0 Å². The fourth-order valence-corrected chi connectivity index (χ4v) is 3.88. The van der Waals surface area contributed by atoms with E-state index in [1.165, 1.54) is 19.3 Å². The van der Waals surface area contributed by atoms with Crippen molar-refractivity contribution in [3.8, 4) is 0 Å². The highest BCUT2D eigenvalue weighted by atomic mass is 16.4. The minimum Gasteiger partial charge on any atom is -0.480 e. The normalized spacial score (nSPS) is 30.9. The number of likely N-dealkylation sites (tertiary alicyclic amines) is 1. The van der Waals surface area contributed by atoms with Gasteiger partial charge in [0.2, 0.25) is 0 Å². The molecule has 110 valence electrons. The van der Waals surface area contributed by atoms with Gasteiger partial charge in [0.25, 0.3) is 0 Å². The molecule has 1 aromatic rings. The predicted molar refractivity (Wildman–Crippen MR) is 72.9 cm³/mol. The number of hydrogen-bond donors (Lipinski definition) is 1. The molecule has 1 saturated carbocycles. The quantitative estimate of drug-likeness (QED) is 0.905. The Morgan fingerprint density at radius 2 is 2.15 bits per heavy atom. The lowest BCUT2D eigenvalue weighted by Crippen LogP contribution is -2.54. The van der Waals surface area contributed by atoms with Crippen molar-refractivity contribution in [1.82, 2.24) is 19.9 Å². The van der Waals surface area contributed by atoms with Crippen molar-refractivity contribution in [3.05, 3.63) is 11.9 Å². The van der Waals surface area contributed by atoms with E-state index in [9.17, 15) is 9.90 Å². The number of fused-ring (bicyclic) bond motifs is 1. The summed E-state index contributed by atoms with van der Waals surface area (Å²) in [4.78, 5) is 13.7. The van der Waals surface area contributed by atoms with Crippen molar-refractivity contribution in [2.24, 2.45) is 13.0 Å². The van der Waals surface area contributed by atoms with Gasteiger partial charge in [-0.2, -0.15) is 0 Å². The van der Waals surface area contributed by atoms with E-state index in [-0.39, 0.29) is 6.04 Å². The fourth-order valence-electron chi connectivity index (χ4n) is 3.88. The van der Waals surface area contributed by atoms with Crippen LogP contribution in [0.15, 0.2) is 6.20 Å². The van der Waals surface area contributed by atoms with Gasteiger partial charge in [-0.05, 0) is 31.6 Å². The van der Waals surface area contributed by atoms with E-state index in [0.717, 1.165) is 25.0 Å². The largest absolute Gasteiger partial charge is 0.480 e. The van der Waals surface area contributed by atoms with Gasteiger partial charge in [-0.1, -0.05) is 18.1 Å². The van der Waals surface area contributed by atoms with Crippen LogP contribution < -0.4 is 0 Å². The molecule has 3 rings (SSSR count). The minimum atomic E-state index is -0.696. The molecule has 0 radical (unpaired) electrons. The van der Waals surface area contributed by atoms with Gasteiger partial charge in [-0.3, -0.25) is 14.4 Å². The molecule has 3 atom stereocenters. The summed E-state index contributed by atoms with van der Waals surface area (Å²) in [5.74, 6) is -0.0334. The lowest BCUT2D eigenvalue weighted by atomic mass is 9.76. The highest BCUT2D eigenvalue weighted by Crippen LogP contribution is 2.38. The van der Waals surface area contributed by atoms with Crippen LogP contribution in [0, 0.1) is 5.92 Å². The number of carboxylic acids is 1. The van der Waals surface area contributed by atoms with E-state index in [1.807, 2.05) is 13.2 Å². The average molecular weight is 278 g/mol. The molecule has 1 aliphatic heterocycles. The first-order valence-electron chi connectivity index (χ1n) is 7.49. The first kappa shape index (κ1) is 13.5. The maximum absolute atomic E-state index is 11.6. The topological polar surface area (TPSA) is 71.2 Å². The maximum atomic E-state index is 11.6. The second kappa shape index (κ2) is 5.52. The van der Waals surface area contributed by atoms with Gasteiger partial charge < -0.3 is 5.11 Å². The maximum Gasteiger partial charge on any atom is 0.320 e. The SMILES string of the molecule is Cn1cc(CN2C(C(=O)O)CCC3CCCCC32)nn1. The van der Waals surface area contributed by atoms with Crippen LogP contribution in [0.2, 0.25) is 0 Å². The molecule has 0 amide bonds. The van der Waals surface area contributed by atoms with Gasteiger partial charge in [0.05, 0.1) is 5.69 Å². The Morgan fingerprint density at radius 1 is 1.35 bits per heavy atom. The Labute approximate surface area is 118 Å². The third-order valence-electron chi connectivity index (χ3n) is 4.79. The summed E-state index contributed by atoms with van der Waals surface area (Å²) < 4.78 is 1.67. The molecule has 0 bridgehead atoms. The molecule has 2 fully saturated rings. The molecule has 1 saturated heterocycles. The molecule has 2 heterocycles. The number of piperidine rings is 1. The molecule has 0 aromatic carbocycles. The summed E-state index contributed by atoms with van der Waals surface area (Å²) in [6, 6.07) is 0.0389. The smallest absolute Gasteiger partial charge is 0.320 e. The Balaban J connectivity index is 1.81. The lowest BCUT2D eigenvalue weighted by molar-refractivity contribution is -0.148. The Bertz CT molecular complexity index is 487. The van der Waals surface area contributed by atoms with Crippen LogP contribution in [0.4, 0.5) is 0 Å². The highest BCUT2D eigenvalue weighted by molar-refractivity contribution is 5.73. The summed E-state index contributed by atoms with van der Waals surface area (Å²) in [5, 5.41) is 17.6. The van der Waals surface area contributed by atoms with E-state index in [4.69, 9.17) is 0 Å². The molecule has 6 nitrogen and oxygen atoms in total. The molecular weight excluding hydrogens is 256 g/mol. The lowest BCUT2D eigenvalue weighted by Gasteiger charge is -2.46. The monoisotopic (exact) mass is 278 g/mol. The van der Waals surface area contributed by atoms with Gasteiger partial charge in [-0.15, -0.1) is 5.10 Å². The third kappa shape index (κ3) is 2.57. The zero-order chi connectivity index (χ0) is 14.1. The van der Waals surface area contributed by atoms with Crippen molar-refractivity contribution in [2.45, 2.75) is 57.2 Å². The van der Waals surface area contributed by atoms with Crippen LogP contribution in [0.5, 0.6) is 0 Å². The summed E-state index contributed by atoms with van der Waals surface area (Å²) in [6.07, 6.45) is 8.56. The first-order valence-corrected chi connectivity index (χ1v) is 7.49. The summed E-state index contributed by atoms with van der Waals surface area (Å²) >= 11 is 0. The van der Waals surface area contributed by atoms with E-state index in [0.29, 0.717) is 18.5 Å². The summed E-state index contributed by atoms with van der Waals surface area (Å²) in [7, 11) is 1.84. The number of aromatic nitrogens is 3. The number of aryl methyl sites for hydroxylation is 1. The molecule has 1 aromatic heterocycles. The number of nitrogens with zero attached hydrogens (tertiary/aromatic N) is 4. The molecule has 0 spiro atoms. The van der Waals surface area contributed by atoms with E-state index in [1.54, 1.807) is 4.68 Å². The van der Waals surface area contributed by atoms with Crippen molar-refractivity contribution in [2.75, 3.05) is 0 Å². The molecule has 3 unspecified atom stereocenters. The van der Waals surface area contributed by atoms with E-state index >= 15 is 0 Å². The molecular formula is C14H22N4O2. The van der Waals surface area contributed by atoms with Gasteiger partial charge in [0, 0.05) is 25.8 Å². The number of rotatable bonds is 3. The highest BCUT2D eigenvalue weighted by Gasteiger charge is 2.41. The molecule has 6 heteroatoms. The van der Waals surface area contributed by atoms with E-state index < -0.39 is 5.97 Å². The van der Waals surface area contributed by atoms with Gasteiger partial charge in [0.1, 0.15) is 6.04 Å². The van der Waals surface area contributed by atoms with Crippen molar-refractivity contribution in [3.63, 3.8) is 0 Å². The first-order chi connectivity index (χ1) is 9.65. The van der Waals surface area contributed by atoms with Crippen LogP contribution in [-0.4, -0.2) is 43.1 Å². The van der Waals surface area contributed by atoms with Crippen LogP contribution in [0.1, 0.15) is 44.2 Å².